The summed E-state index contributed by atoms with van der Waals surface area (Å²) in [4.78, 5) is 4.17. The third-order valence-corrected chi connectivity index (χ3v) is 4.19. The van der Waals surface area contributed by atoms with Gasteiger partial charge in [-0.25, -0.2) is 0 Å². The van der Waals surface area contributed by atoms with E-state index in [2.05, 4.69) is 32.0 Å². The van der Waals surface area contributed by atoms with E-state index >= 15 is 0 Å². The topological polar surface area (TPSA) is 64.9 Å². The van der Waals surface area contributed by atoms with Gasteiger partial charge in [0.2, 0.25) is 0 Å². The lowest BCUT2D eigenvalue weighted by Gasteiger charge is -2.13. The standard InChI is InChI=1S/C17H16BN5O/c1-10-7-20-14-6-13(24-2)3-4-15(14)23-16(10)21-22-17(23)11-5-12(18)9-19-8-11/h3-6,8-10,20H,7H2,1-2H3. The van der Waals surface area contributed by atoms with Crippen LogP contribution in [0, 0.1) is 0 Å². The lowest BCUT2D eigenvalue weighted by Crippen LogP contribution is -2.09. The van der Waals surface area contributed by atoms with Crippen LogP contribution >= 0.6 is 0 Å². The van der Waals surface area contributed by atoms with Crippen LogP contribution in [-0.4, -0.2) is 41.2 Å². The average Bonchev–Trinajstić information content (AvgIpc) is 2.99. The Morgan fingerprint density at radius 3 is 2.92 bits per heavy atom. The molecule has 2 aromatic heterocycles. The fourth-order valence-corrected chi connectivity index (χ4v) is 2.95. The van der Waals surface area contributed by atoms with Crippen LogP contribution in [0.2, 0.25) is 0 Å². The van der Waals surface area contributed by atoms with Crippen LogP contribution in [0.1, 0.15) is 18.7 Å². The van der Waals surface area contributed by atoms with Crippen molar-refractivity contribution in [1.82, 2.24) is 19.7 Å². The highest BCUT2D eigenvalue weighted by Crippen LogP contribution is 2.34. The van der Waals surface area contributed by atoms with Crippen LogP contribution in [0.25, 0.3) is 17.1 Å². The lowest BCUT2D eigenvalue weighted by molar-refractivity contribution is 0.415. The van der Waals surface area contributed by atoms with E-state index in [0.29, 0.717) is 5.46 Å². The van der Waals surface area contributed by atoms with Gasteiger partial charge in [0.25, 0.3) is 0 Å². The van der Waals surface area contributed by atoms with E-state index in [1.165, 1.54) is 0 Å². The largest absolute Gasteiger partial charge is 0.497 e. The summed E-state index contributed by atoms with van der Waals surface area (Å²) in [5.41, 5.74) is 3.40. The predicted molar refractivity (Wildman–Crippen MR) is 93.4 cm³/mol. The second kappa shape index (κ2) is 5.67. The van der Waals surface area contributed by atoms with Crippen molar-refractivity contribution in [2.24, 2.45) is 0 Å². The maximum atomic E-state index is 5.88. The minimum absolute atomic E-state index is 0.207. The highest BCUT2D eigenvalue weighted by Gasteiger charge is 2.25. The highest BCUT2D eigenvalue weighted by atomic mass is 16.5. The first kappa shape index (κ1) is 14.7. The number of pyridine rings is 1. The summed E-state index contributed by atoms with van der Waals surface area (Å²) in [6.45, 7) is 2.89. The number of ether oxygens (including phenoxy) is 1. The predicted octanol–water partition coefficient (Wildman–Crippen LogP) is 1.66. The first-order valence-corrected chi connectivity index (χ1v) is 7.76. The summed E-state index contributed by atoms with van der Waals surface area (Å²) in [6.07, 6.45) is 3.37. The zero-order valence-electron chi connectivity index (χ0n) is 13.5. The van der Waals surface area contributed by atoms with Gasteiger partial charge in [-0.3, -0.25) is 9.55 Å². The second-order valence-electron chi connectivity index (χ2n) is 5.89. The Morgan fingerprint density at radius 2 is 2.12 bits per heavy atom. The fourth-order valence-electron chi connectivity index (χ4n) is 2.95. The van der Waals surface area contributed by atoms with Crippen molar-refractivity contribution in [3.8, 4) is 22.8 Å². The maximum absolute atomic E-state index is 5.88. The summed E-state index contributed by atoms with van der Waals surface area (Å²) in [7, 11) is 7.54. The van der Waals surface area contributed by atoms with Gasteiger partial charge in [-0.2, -0.15) is 0 Å². The number of nitrogens with zero attached hydrogens (tertiary/aromatic N) is 4. The first-order chi connectivity index (χ1) is 11.7. The van der Waals surface area contributed by atoms with Gasteiger partial charge in [-0.15, -0.1) is 10.2 Å². The fraction of sp³-hybridized carbons (Fsp3) is 0.235. The quantitative estimate of drug-likeness (QED) is 0.728. The molecule has 4 rings (SSSR count). The molecule has 0 saturated heterocycles. The normalized spacial score (nSPS) is 15.8. The molecule has 1 aliphatic heterocycles. The van der Waals surface area contributed by atoms with Gasteiger partial charge < -0.3 is 10.1 Å². The minimum atomic E-state index is 0.207. The number of fused-ring (bicyclic) bond motifs is 3. The van der Waals surface area contributed by atoms with Gasteiger partial charge in [-0.05, 0) is 12.1 Å². The van der Waals surface area contributed by atoms with E-state index in [0.717, 1.165) is 40.9 Å². The molecule has 0 spiro atoms. The van der Waals surface area contributed by atoms with Crippen molar-refractivity contribution < 1.29 is 4.74 Å². The van der Waals surface area contributed by atoms with Crippen molar-refractivity contribution in [2.45, 2.75) is 12.8 Å². The van der Waals surface area contributed by atoms with E-state index in [-0.39, 0.29) is 5.92 Å². The molecule has 0 amide bonds. The molecule has 0 aliphatic carbocycles. The molecule has 118 valence electrons. The number of methoxy groups -OCH3 is 1. The SMILES string of the molecule is [B]c1cncc(-c2nnc3n2-c2ccc(OC)cc2NCC3C)c1. The van der Waals surface area contributed by atoms with Crippen LogP contribution in [0.5, 0.6) is 5.75 Å². The molecule has 1 aromatic carbocycles. The molecular weight excluding hydrogens is 301 g/mol. The van der Waals surface area contributed by atoms with Crippen molar-refractivity contribution in [1.29, 1.82) is 0 Å². The Bertz CT molecular complexity index is 908. The molecule has 6 nitrogen and oxygen atoms in total. The molecule has 7 heteroatoms. The number of hydrogen-bond donors (Lipinski definition) is 1. The summed E-state index contributed by atoms with van der Waals surface area (Å²) < 4.78 is 7.41. The summed E-state index contributed by atoms with van der Waals surface area (Å²) in [5, 5.41) is 12.3. The van der Waals surface area contributed by atoms with E-state index in [1.807, 2.05) is 24.3 Å². The number of hydrogen-bond acceptors (Lipinski definition) is 5. The smallest absolute Gasteiger partial charge is 0.170 e. The first-order valence-electron chi connectivity index (χ1n) is 7.76. The Kier molecular flexibility index (Phi) is 3.48. The van der Waals surface area contributed by atoms with Crippen molar-refractivity contribution in [3.05, 3.63) is 42.5 Å². The number of benzene rings is 1. The number of nitrogens with one attached hydrogen (secondary N) is 1. The summed E-state index contributed by atoms with van der Waals surface area (Å²) in [5.74, 6) is 2.65. The molecule has 0 bridgehead atoms. The summed E-state index contributed by atoms with van der Waals surface area (Å²) in [6, 6.07) is 7.78. The molecule has 1 atom stereocenters. The van der Waals surface area contributed by atoms with Gasteiger partial charge in [0.1, 0.15) is 19.4 Å². The van der Waals surface area contributed by atoms with E-state index in [1.54, 1.807) is 19.5 Å². The Hall–Kier alpha value is -2.83. The molecule has 3 heterocycles. The molecule has 24 heavy (non-hydrogen) atoms. The Balaban J connectivity index is 1.96. The van der Waals surface area contributed by atoms with Crippen molar-refractivity contribution in [3.63, 3.8) is 0 Å². The number of rotatable bonds is 2. The zero-order chi connectivity index (χ0) is 16.7. The summed E-state index contributed by atoms with van der Waals surface area (Å²) >= 11 is 0. The van der Waals surface area contributed by atoms with E-state index < -0.39 is 0 Å². The van der Waals surface area contributed by atoms with E-state index in [4.69, 9.17) is 12.6 Å². The second-order valence-corrected chi connectivity index (χ2v) is 5.89. The Morgan fingerprint density at radius 1 is 1.25 bits per heavy atom. The molecule has 2 radical (unpaired) electrons. The van der Waals surface area contributed by atoms with Gasteiger partial charge in [0.05, 0.1) is 18.5 Å². The van der Waals surface area contributed by atoms with Crippen LogP contribution < -0.4 is 15.5 Å². The van der Waals surface area contributed by atoms with Crippen molar-refractivity contribution >= 4 is 19.0 Å². The van der Waals surface area contributed by atoms with Gasteiger partial charge in [-0.1, -0.05) is 18.5 Å². The minimum Gasteiger partial charge on any atom is -0.497 e. The van der Waals surface area contributed by atoms with Crippen LogP contribution in [0.4, 0.5) is 5.69 Å². The van der Waals surface area contributed by atoms with Crippen molar-refractivity contribution in [2.75, 3.05) is 19.0 Å². The van der Waals surface area contributed by atoms with Crippen LogP contribution in [-0.2, 0) is 0 Å². The lowest BCUT2D eigenvalue weighted by atomic mass is 9.97. The molecule has 0 saturated carbocycles. The molecule has 1 aliphatic rings. The third-order valence-electron chi connectivity index (χ3n) is 4.19. The van der Waals surface area contributed by atoms with Gasteiger partial charge >= 0.3 is 0 Å². The number of anilines is 1. The highest BCUT2D eigenvalue weighted by molar-refractivity contribution is 6.32. The monoisotopic (exact) mass is 317 g/mol. The molecule has 1 N–H and O–H groups in total. The van der Waals surface area contributed by atoms with Gasteiger partial charge in [0, 0.05) is 36.5 Å². The average molecular weight is 317 g/mol. The maximum Gasteiger partial charge on any atom is 0.170 e. The zero-order valence-corrected chi connectivity index (χ0v) is 13.5. The Labute approximate surface area is 141 Å². The molecular formula is C17H16BN5O. The molecule has 0 fully saturated rings. The molecule has 3 aromatic rings. The van der Waals surface area contributed by atoms with Crippen LogP contribution in [0.3, 0.4) is 0 Å². The molecule has 1 unspecified atom stereocenters. The third kappa shape index (κ3) is 2.33. The van der Waals surface area contributed by atoms with Gasteiger partial charge in [0.15, 0.2) is 5.82 Å². The van der Waals surface area contributed by atoms with E-state index in [9.17, 15) is 0 Å². The number of aromatic nitrogens is 4. The van der Waals surface area contributed by atoms with Crippen LogP contribution in [0.15, 0.2) is 36.7 Å².